The first kappa shape index (κ1) is 13.9. The molecule has 1 fully saturated rings. The van der Waals surface area contributed by atoms with Gasteiger partial charge in [-0.25, -0.2) is 14.8 Å². The Morgan fingerprint density at radius 3 is 2.78 bits per heavy atom. The second kappa shape index (κ2) is 6.58. The molecule has 1 unspecified atom stereocenters. The van der Waals surface area contributed by atoms with E-state index < -0.39 is 0 Å². The summed E-state index contributed by atoms with van der Waals surface area (Å²) in [5.74, 6) is -0.249. The Morgan fingerprint density at radius 2 is 2.17 bits per heavy atom. The summed E-state index contributed by atoms with van der Waals surface area (Å²) >= 11 is 3.25. The molecule has 1 saturated heterocycles. The molecular weight excluding hydrogens is 301 g/mol. The molecule has 0 aliphatic carbocycles. The first-order chi connectivity index (χ1) is 8.70. The molecule has 2 rings (SSSR count). The molecule has 0 radical (unpaired) electrons. The molecule has 1 aliphatic heterocycles. The number of nitrogens with one attached hydrogen (secondary N) is 1. The predicted octanol–water partition coefficient (Wildman–Crippen LogP) is 1.42. The molecule has 6 heteroatoms. The Hall–Kier alpha value is -0.530. The summed E-state index contributed by atoms with van der Waals surface area (Å²) in [5.41, 5.74) is 9.58. The van der Waals surface area contributed by atoms with Gasteiger partial charge >= 0.3 is 0 Å². The number of rotatable bonds is 4. The van der Waals surface area contributed by atoms with Crippen LogP contribution in [0.15, 0.2) is 22.7 Å². The zero-order valence-corrected chi connectivity index (χ0v) is 11.6. The number of morpholine rings is 1. The van der Waals surface area contributed by atoms with Crippen LogP contribution in [0.1, 0.15) is 11.6 Å². The average molecular weight is 318 g/mol. The number of hydrazine groups is 1. The summed E-state index contributed by atoms with van der Waals surface area (Å²) in [6.45, 7) is 3.29. The highest BCUT2D eigenvalue weighted by atomic mass is 79.9. The lowest BCUT2D eigenvalue weighted by atomic mass is 10.1. The maximum Gasteiger partial charge on any atom is 0.129 e. The zero-order valence-electron chi connectivity index (χ0n) is 10.0. The Kier molecular flexibility index (Phi) is 5.08. The SMILES string of the molecule is NCC(NN1CCOCC1)c1ccc(Br)cc1F. The second-order valence-electron chi connectivity index (χ2n) is 4.18. The van der Waals surface area contributed by atoms with Gasteiger partial charge in [-0.15, -0.1) is 0 Å². The number of hydrogen-bond acceptors (Lipinski definition) is 4. The lowest BCUT2D eigenvalue weighted by molar-refractivity contribution is 0.00379. The van der Waals surface area contributed by atoms with Crippen molar-refractivity contribution in [3.8, 4) is 0 Å². The van der Waals surface area contributed by atoms with Gasteiger partial charge in [-0.05, 0) is 12.1 Å². The van der Waals surface area contributed by atoms with Crippen LogP contribution in [-0.4, -0.2) is 37.9 Å². The molecule has 18 heavy (non-hydrogen) atoms. The van der Waals surface area contributed by atoms with E-state index >= 15 is 0 Å². The summed E-state index contributed by atoms with van der Waals surface area (Å²) in [4.78, 5) is 0. The molecule has 1 heterocycles. The third kappa shape index (κ3) is 3.49. The third-order valence-corrected chi connectivity index (χ3v) is 3.42. The monoisotopic (exact) mass is 317 g/mol. The lowest BCUT2D eigenvalue weighted by Gasteiger charge is -2.31. The van der Waals surface area contributed by atoms with Gasteiger partial charge in [0.1, 0.15) is 5.82 Å². The van der Waals surface area contributed by atoms with E-state index in [4.69, 9.17) is 10.5 Å². The molecule has 1 aromatic carbocycles. The van der Waals surface area contributed by atoms with Gasteiger partial charge in [-0.1, -0.05) is 22.0 Å². The van der Waals surface area contributed by atoms with E-state index in [2.05, 4.69) is 21.4 Å². The average Bonchev–Trinajstić information content (AvgIpc) is 2.38. The highest BCUT2D eigenvalue weighted by molar-refractivity contribution is 9.10. The van der Waals surface area contributed by atoms with E-state index in [1.807, 2.05) is 11.1 Å². The van der Waals surface area contributed by atoms with E-state index in [0.717, 1.165) is 17.6 Å². The molecular formula is C12H17BrFN3O. The van der Waals surface area contributed by atoms with Gasteiger partial charge in [0, 0.05) is 29.7 Å². The van der Waals surface area contributed by atoms with Crippen molar-refractivity contribution in [2.24, 2.45) is 5.73 Å². The van der Waals surface area contributed by atoms with Gasteiger partial charge in [0.25, 0.3) is 0 Å². The molecule has 4 nitrogen and oxygen atoms in total. The van der Waals surface area contributed by atoms with Crippen LogP contribution >= 0.6 is 15.9 Å². The van der Waals surface area contributed by atoms with Crippen molar-refractivity contribution in [1.29, 1.82) is 0 Å². The molecule has 1 aromatic rings. The molecule has 1 atom stereocenters. The summed E-state index contributed by atoms with van der Waals surface area (Å²) in [6, 6.07) is 4.82. The third-order valence-electron chi connectivity index (χ3n) is 2.92. The lowest BCUT2D eigenvalue weighted by Crippen LogP contribution is -2.48. The largest absolute Gasteiger partial charge is 0.379 e. The summed E-state index contributed by atoms with van der Waals surface area (Å²) in [5, 5.41) is 2.03. The first-order valence-corrected chi connectivity index (χ1v) is 6.74. The van der Waals surface area contributed by atoms with Gasteiger partial charge in [0.15, 0.2) is 0 Å². The van der Waals surface area contributed by atoms with Gasteiger partial charge < -0.3 is 10.5 Å². The van der Waals surface area contributed by atoms with Gasteiger partial charge in [-0.3, -0.25) is 0 Å². The molecule has 3 N–H and O–H groups in total. The fourth-order valence-corrected chi connectivity index (χ4v) is 2.28. The zero-order chi connectivity index (χ0) is 13.0. The molecule has 0 amide bonds. The van der Waals surface area contributed by atoms with E-state index in [-0.39, 0.29) is 11.9 Å². The Bertz CT molecular complexity index is 399. The summed E-state index contributed by atoms with van der Waals surface area (Å²) < 4.78 is 19.9. The van der Waals surface area contributed by atoms with E-state index in [1.165, 1.54) is 6.07 Å². The van der Waals surface area contributed by atoms with Crippen molar-refractivity contribution in [2.45, 2.75) is 6.04 Å². The van der Waals surface area contributed by atoms with Crippen LogP contribution in [-0.2, 0) is 4.74 Å². The molecule has 1 aliphatic rings. The minimum atomic E-state index is -0.249. The van der Waals surface area contributed by atoms with E-state index in [1.54, 1.807) is 6.07 Å². The predicted molar refractivity (Wildman–Crippen MR) is 71.4 cm³/mol. The highest BCUT2D eigenvalue weighted by Crippen LogP contribution is 2.21. The topological polar surface area (TPSA) is 50.5 Å². The number of benzene rings is 1. The first-order valence-electron chi connectivity index (χ1n) is 5.94. The summed E-state index contributed by atoms with van der Waals surface area (Å²) in [6.07, 6.45) is 0. The Morgan fingerprint density at radius 1 is 1.44 bits per heavy atom. The number of hydrogen-bond donors (Lipinski definition) is 2. The van der Waals surface area contributed by atoms with Gasteiger partial charge in [0.2, 0.25) is 0 Å². The van der Waals surface area contributed by atoms with E-state index in [0.29, 0.717) is 25.3 Å². The quantitative estimate of drug-likeness (QED) is 0.882. The maximum absolute atomic E-state index is 13.9. The van der Waals surface area contributed by atoms with Crippen molar-refractivity contribution < 1.29 is 9.13 Å². The van der Waals surface area contributed by atoms with Crippen LogP contribution in [0.4, 0.5) is 4.39 Å². The van der Waals surface area contributed by atoms with E-state index in [9.17, 15) is 4.39 Å². The maximum atomic E-state index is 13.9. The smallest absolute Gasteiger partial charge is 0.129 e. The van der Waals surface area contributed by atoms with Crippen LogP contribution in [0, 0.1) is 5.82 Å². The number of ether oxygens (including phenoxy) is 1. The molecule has 0 bridgehead atoms. The Labute approximate surface area is 114 Å². The standard InChI is InChI=1S/C12H17BrFN3O/c13-9-1-2-10(11(14)7-9)12(8-15)16-17-3-5-18-6-4-17/h1-2,7,12,16H,3-6,8,15H2. The molecule has 100 valence electrons. The molecule has 0 aromatic heterocycles. The van der Waals surface area contributed by atoms with Crippen LogP contribution in [0.2, 0.25) is 0 Å². The van der Waals surface area contributed by atoms with Crippen LogP contribution in [0.5, 0.6) is 0 Å². The number of nitrogens with zero attached hydrogens (tertiary/aromatic N) is 1. The summed E-state index contributed by atoms with van der Waals surface area (Å²) in [7, 11) is 0. The van der Waals surface area contributed by atoms with Crippen LogP contribution in [0.3, 0.4) is 0 Å². The normalized spacial score (nSPS) is 18.8. The van der Waals surface area contributed by atoms with Crippen molar-refractivity contribution in [2.75, 3.05) is 32.8 Å². The molecule has 0 spiro atoms. The highest BCUT2D eigenvalue weighted by Gasteiger charge is 2.19. The van der Waals surface area contributed by atoms with Gasteiger partial charge in [0.05, 0.1) is 19.3 Å². The minimum Gasteiger partial charge on any atom is -0.379 e. The van der Waals surface area contributed by atoms with Crippen LogP contribution < -0.4 is 11.2 Å². The van der Waals surface area contributed by atoms with Crippen molar-refractivity contribution >= 4 is 15.9 Å². The Balaban J connectivity index is 2.07. The number of nitrogens with two attached hydrogens (primary N) is 1. The second-order valence-corrected chi connectivity index (χ2v) is 5.10. The molecule has 0 saturated carbocycles. The minimum absolute atomic E-state index is 0.212. The van der Waals surface area contributed by atoms with Crippen molar-refractivity contribution in [3.05, 3.63) is 34.1 Å². The van der Waals surface area contributed by atoms with Crippen molar-refractivity contribution in [1.82, 2.24) is 10.4 Å². The fraction of sp³-hybridized carbons (Fsp3) is 0.500. The fourth-order valence-electron chi connectivity index (χ4n) is 1.95. The van der Waals surface area contributed by atoms with Gasteiger partial charge in [-0.2, -0.15) is 0 Å². The van der Waals surface area contributed by atoms with Crippen LogP contribution in [0.25, 0.3) is 0 Å². The number of halogens is 2. The van der Waals surface area contributed by atoms with Crippen molar-refractivity contribution in [3.63, 3.8) is 0 Å².